The van der Waals surface area contributed by atoms with Crippen LogP contribution in [-0.2, 0) is 0 Å². The highest BCUT2D eigenvalue weighted by Gasteiger charge is 2.12. The Kier molecular flexibility index (Phi) is 3.45. The minimum atomic E-state index is -0.581. The van der Waals surface area contributed by atoms with Crippen molar-refractivity contribution >= 4 is 28.9 Å². The van der Waals surface area contributed by atoms with Crippen LogP contribution in [-0.4, -0.2) is 9.91 Å². The van der Waals surface area contributed by atoms with E-state index < -0.39 is 10.7 Å². The highest BCUT2D eigenvalue weighted by molar-refractivity contribution is 6.31. The Bertz CT molecular complexity index is 634. The van der Waals surface area contributed by atoms with Crippen LogP contribution in [0.2, 0.25) is 10.2 Å². The van der Waals surface area contributed by atoms with Gasteiger partial charge in [-0.3, -0.25) is 10.1 Å². The molecule has 18 heavy (non-hydrogen) atoms. The molecule has 1 aromatic carbocycles. The summed E-state index contributed by atoms with van der Waals surface area (Å²) < 4.78 is 13.0. The van der Waals surface area contributed by atoms with Crippen molar-refractivity contribution in [3.63, 3.8) is 0 Å². The normalized spacial score (nSPS) is 10.4. The van der Waals surface area contributed by atoms with E-state index in [9.17, 15) is 14.5 Å². The van der Waals surface area contributed by atoms with Gasteiger partial charge in [0.05, 0.1) is 21.7 Å². The lowest BCUT2D eigenvalue weighted by Crippen LogP contribution is -1.92. The van der Waals surface area contributed by atoms with E-state index in [0.717, 1.165) is 12.1 Å². The first kappa shape index (κ1) is 12.7. The number of nitrogens with zero attached hydrogens (tertiary/aromatic N) is 2. The zero-order valence-electron chi connectivity index (χ0n) is 8.73. The third-order valence-electron chi connectivity index (χ3n) is 2.21. The van der Waals surface area contributed by atoms with E-state index in [1.54, 1.807) is 0 Å². The number of aromatic nitrogens is 1. The Morgan fingerprint density at radius 2 is 1.94 bits per heavy atom. The SMILES string of the molecule is O=[N+]([O-])c1cc(Cl)nc(-c2ccc(F)c(Cl)c2)c1. The average molecular weight is 287 g/mol. The van der Waals surface area contributed by atoms with Crippen LogP contribution in [0.1, 0.15) is 0 Å². The summed E-state index contributed by atoms with van der Waals surface area (Å²) in [7, 11) is 0. The lowest BCUT2D eigenvalue weighted by molar-refractivity contribution is -0.384. The fourth-order valence-electron chi connectivity index (χ4n) is 1.39. The quantitative estimate of drug-likeness (QED) is 0.474. The van der Waals surface area contributed by atoms with Gasteiger partial charge in [0.2, 0.25) is 0 Å². The summed E-state index contributed by atoms with van der Waals surface area (Å²) in [5, 5.41) is 10.6. The number of halogens is 3. The number of hydrogen-bond donors (Lipinski definition) is 0. The van der Waals surface area contributed by atoms with Gasteiger partial charge < -0.3 is 0 Å². The fourth-order valence-corrected chi connectivity index (χ4v) is 1.78. The minimum absolute atomic E-state index is 0.0142. The van der Waals surface area contributed by atoms with Crippen molar-refractivity contribution in [2.45, 2.75) is 0 Å². The second kappa shape index (κ2) is 4.88. The smallest absolute Gasteiger partial charge is 0.258 e. The van der Waals surface area contributed by atoms with Gasteiger partial charge in [0.15, 0.2) is 0 Å². The molecule has 4 nitrogen and oxygen atoms in total. The van der Waals surface area contributed by atoms with E-state index in [0.29, 0.717) is 5.56 Å². The molecule has 0 amide bonds. The van der Waals surface area contributed by atoms with Crippen molar-refractivity contribution in [1.29, 1.82) is 0 Å². The molecule has 0 aliphatic heterocycles. The molecule has 0 unspecified atom stereocenters. The van der Waals surface area contributed by atoms with E-state index in [1.165, 1.54) is 18.2 Å². The topological polar surface area (TPSA) is 56.0 Å². The van der Waals surface area contributed by atoms with Crippen molar-refractivity contribution < 1.29 is 9.31 Å². The molecular formula is C11H5Cl2FN2O2. The summed E-state index contributed by atoms with van der Waals surface area (Å²) >= 11 is 11.3. The van der Waals surface area contributed by atoms with Gasteiger partial charge in [-0.2, -0.15) is 0 Å². The first-order valence-corrected chi connectivity index (χ1v) is 5.50. The molecule has 0 N–H and O–H groups in total. The Hall–Kier alpha value is -1.72. The molecule has 2 rings (SSSR count). The molecule has 92 valence electrons. The highest BCUT2D eigenvalue weighted by Crippen LogP contribution is 2.27. The second-order valence-corrected chi connectivity index (χ2v) is 4.21. The standard InChI is InChI=1S/C11H5Cl2FN2O2/c12-8-3-6(1-2-9(8)14)10-4-7(16(17)18)5-11(13)15-10/h1-5H. The van der Waals surface area contributed by atoms with Crippen LogP contribution in [0.4, 0.5) is 10.1 Å². The summed E-state index contributed by atoms with van der Waals surface area (Å²) in [5.41, 5.74) is 0.522. The highest BCUT2D eigenvalue weighted by atomic mass is 35.5. The second-order valence-electron chi connectivity index (χ2n) is 3.42. The molecule has 2 aromatic rings. The van der Waals surface area contributed by atoms with Gasteiger partial charge >= 0.3 is 0 Å². The van der Waals surface area contributed by atoms with Gasteiger partial charge in [0.1, 0.15) is 11.0 Å². The fraction of sp³-hybridized carbons (Fsp3) is 0. The summed E-state index contributed by atoms with van der Waals surface area (Å²) in [5.74, 6) is -0.572. The van der Waals surface area contributed by atoms with Crippen molar-refractivity contribution in [2.24, 2.45) is 0 Å². The van der Waals surface area contributed by atoms with Gasteiger partial charge in [0.25, 0.3) is 5.69 Å². The molecule has 0 saturated carbocycles. The molecule has 1 aromatic heterocycles. The summed E-state index contributed by atoms with van der Waals surface area (Å²) in [6, 6.07) is 6.29. The minimum Gasteiger partial charge on any atom is -0.258 e. The molecule has 0 aliphatic rings. The van der Waals surface area contributed by atoms with E-state index in [2.05, 4.69) is 4.98 Å². The molecule has 0 bridgehead atoms. The number of hydrogen-bond acceptors (Lipinski definition) is 3. The molecule has 0 aliphatic carbocycles. The number of rotatable bonds is 2. The van der Waals surface area contributed by atoms with Gasteiger partial charge in [0, 0.05) is 11.6 Å². The van der Waals surface area contributed by atoms with Crippen LogP contribution >= 0.6 is 23.2 Å². The molecule has 0 saturated heterocycles. The predicted octanol–water partition coefficient (Wildman–Crippen LogP) is 4.10. The zero-order valence-corrected chi connectivity index (χ0v) is 10.2. The number of pyridine rings is 1. The van der Waals surface area contributed by atoms with Crippen LogP contribution in [0, 0.1) is 15.9 Å². The van der Waals surface area contributed by atoms with Crippen LogP contribution in [0.15, 0.2) is 30.3 Å². The van der Waals surface area contributed by atoms with E-state index in [1.807, 2.05) is 0 Å². The Morgan fingerprint density at radius 3 is 2.56 bits per heavy atom. The molecular weight excluding hydrogens is 282 g/mol. The number of benzene rings is 1. The maximum absolute atomic E-state index is 13.0. The van der Waals surface area contributed by atoms with Gasteiger partial charge in [-0.25, -0.2) is 9.37 Å². The van der Waals surface area contributed by atoms with Crippen LogP contribution < -0.4 is 0 Å². The predicted molar refractivity (Wildman–Crippen MR) is 66.3 cm³/mol. The Morgan fingerprint density at radius 1 is 1.22 bits per heavy atom. The molecule has 0 fully saturated rings. The average Bonchev–Trinajstić information content (AvgIpc) is 2.31. The van der Waals surface area contributed by atoms with Crippen molar-refractivity contribution in [2.75, 3.05) is 0 Å². The zero-order chi connectivity index (χ0) is 13.3. The van der Waals surface area contributed by atoms with E-state index >= 15 is 0 Å². The van der Waals surface area contributed by atoms with Crippen LogP contribution in [0.3, 0.4) is 0 Å². The Balaban J connectivity index is 2.56. The van der Waals surface area contributed by atoms with Gasteiger partial charge in [-0.05, 0) is 18.2 Å². The molecule has 1 heterocycles. The third-order valence-corrected chi connectivity index (χ3v) is 2.69. The lowest BCUT2D eigenvalue weighted by atomic mass is 10.1. The summed E-state index contributed by atoms with van der Waals surface area (Å²) in [4.78, 5) is 14.0. The molecule has 0 radical (unpaired) electrons. The largest absolute Gasteiger partial charge is 0.274 e. The van der Waals surface area contributed by atoms with Gasteiger partial charge in [-0.15, -0.1) is 0 Å². The van der Waals surface area contributed by atoms with Crippen molar-refractivity contribution in [1.82, 2.24) is 4.98 Å². The van der Waals surface area contributed by atoms with E-state index in [4.69, 9.17) is 23.2 Å². The molecule has 7 heteroatoms. The van der Waals surface area contributed by atoms with Crippen molar-refractivity contribution in [3.8, 4) is 11.3 Å². The maximum atomic E-state index is 13.0. The molecule has 0 spiro atoms. The Labute approximate surface area is 111 Å². The van der Waals surface area contributed by atoms with Gasteiger partial charge in [-0.1, -0.05) is 23.2 Å². The summed E-state index contributed by atoms with van der Waals surface area (Å²) in [6.45, 7) is 0. The monoisotopic (exact) mass is 286 g/mol. The lowest BCUT2D eigenvalue weighted by Gasteiger charge is -2.03. The summed E-state index contributed by atoms with van der Waals surface area (Å²) in [6.07, 6.45) is 0. The van der Waals surface area contributed by atoms with Crippen molar-refractivity contribution in [3.05, 3.63) is 56.4 Å². The third kappa shape index (κ3) is 2.57. The molecule has 0 atom stereocenters. The first-order valence-electron chi connectivity index (χ1n) is 4.75. The van der Waals surface area contributed by atoms with Crippen LogP contribution in [0.5, 0.6) is 0 Å². The number of nitro groups is 1. The van der Waals surface area contributed by atoms with E-state index in [-0.39, 0.29) is 21.6 Å². The van der Waals surface area contributed by atoms with Crippen LogP contribution in [0.25, 0.3) is 11.3 Å². The first-order chi connectivity index (χ1) is 8.47. The maximum Gasteiger partial charge on any atom is 0.274 e.